The van der Waals surface area contributed by atoms with Crippen molar-refractivity contribution in [1.29, 1.82) is 0 Å². The Morgan fingerprint density at radius 2 is 2.22 bits per heavy atom. The first-order valence-electron chi connectivity index (χ1n) is 5.96. The minimum absolute atomic E-state index is 0.0642. The molecule has 100 valence electrons. The van der Waals surface area contributed by atoms with Gasteiger partial charge in [-0.3, -0.25) is 0 Å². The lowest BCUT2D eigenvalue weighted by Gasteiger charge is -2.33. The second kappa shape index (κ2) is 6.17. The molecule has 0 aliphatic carbocycles. The van der Waals surface area contributed by atoms with Crippen molar-refractivity contribution in [3.8, 4) is 0 Å². The number of piperidine rings is 1. The monoisotopic (exact) mass is 272 g/mol. The number of rotatable bonds is 4. The van der Waals surface area contributed by atoms with Crippen LogP contribution in [0.1, 0.15) is 12.8 Å². The molecule has 1 aromatic rings. The third kappa shape index (κ3) is 3.22. The maximum Gasteiger partial charge on any atom is 0.224 e. The number of aromatic nitrogens is 2. The largest absolute Gasteiger partial charge is 0.394 e. The molecule has 18 heavy (non-hydrogen) atoms. The fourth-order valence-electron chi connectivity index (χ4n) is 2.07. The number of nitrogens with zero attached hydrogens (tertiary/aromatic N) is 3. The first kappa shape index (κ1) is 13.3. The van der Waals surface area contributed by atoms with E-state index >= 15 is 0 Å². The van der Waals surface area contributed by atoms with Crippen molar-refractivity contribution in [2.45, 2.75) is 18.9 Å². The van der Waals surface area contributed by atoms with Crippen molar-refractivity contribution in [2.24, 2.45) is 0 Å². The maximum absolute atomic E-state index is 8.71. The summed E-state index contributed by atoms with van der Waals surface area (Å²) in [6.45, 7) is 2.09. The Hall–Kier alpha value is -1.11. The van der Waals surface area contributed by atoms with Gasteiger partial charge in [0, 0.05) is 13.1 Å². The molecular formula is C11H17ClN4O2. The Bertz CT molecular complexity index is 397. The Kier molecular flexibility index (Phi) is 4.57. The number of aliphatic hydroxyl groups is 1. The topological polar surface area (TPSA) is 84.5 Å². The second-order valence-electron chi connectivity index (χ2n) is 4.20. The number of hydrogen-bond donors (Lipinski definition) is 2. The summed E-state index contributed by atoms with van der Waals surface area (Å²) >= 11 is 5.78. The lowest BCUT2D eigenvalue weighted by Crippen LogP contribution is -2.38. The van der Waals surface area contributed by atoms with Crippen LogP contribution in [0.5, 0.6) is 0 Å². The Labute approximate surface area is 111 Å². The van der Waals surface area contributed by atoms with Gasteiger partial charge in [-0.25, -0.2) is 4.98 Å². The van der Waals surface area contributed by atoms with Crippen LogP contribution in [0, 0.1) is 0 Å². The normalized spacial score (nSPS) is 17.1. The zero-order chi connectivity index (χ0) is 13.0. The molecule has 1 aromatic heterocycles. The van der Waals surface area contributed by atoms with E-state index in [4.69, 9.17) is 27.2 Å². The standard InChI is InChI=1S/C11H17ClN4O2/c12-11-14-7-9(13)10(15-11)16-3-1-8(2-4-16)18-6-5-17/h7-8,17H,1-6,13H2. The van der Waals surface area contributed by atoms with E-state index in [2.05, 4.69) is 14.9 Å². The van der Waals surface area contributed by atoms with Crippen LogP contribution < -0.4 is 10.6 Å². The predicted octanol–water partition coefficient (Wildman–Crippen LogP) is 0.690. The summed E-state index contributed by atoms with van der Waals surface area (Å²) in [5.74, 6) is 0.690. The van der Waals surface area contributed by atoms with E-state index < -0.39 is 0 Å². The molecule has 0 saturated carbocycles. The summed E-state index contributed by atoms with van der Waals surface area (Å²) in [7, 11) is 0. The average Bonchev–Trinajstić information content (AvgIpc) is 2.40. The van der Waals surface area contributed by atoms with E-state index in [1.165, 1.54) is 6.20 Å². The van der Waals surface area contributed by atoms with Crippen molar-refractivity contribution < 1.29 is 9.84 Å². The van der Waals surface area contributed by atoms with Gasteiger partial charge in [-0.1, -0.05) is 0 Å². The van der Waals surface area contributed by atoms with Gasteiger partial charge in [0.2, 0.25) is 5.28 Å². The van der Waals surface area contributed by atoms with Gasteiger partial charge >= 0.3 is 0 Å². The Morgan fingerprint density at radius 1 is 1.50 bits per heavy atom. The molecule has 1 aliphatic heterocycles. The molecule has 7 heteroatoms. The van der Waals surface area contributed by atoms with E-state index in [0.717, 1.165) is 25.9 Å². The molecule has 0 bridgehead atoms. The third-order valence-electron chi connectivity index (χ3n) is 2.95. The zero-order valence-corrected chi connectivity index (χ0v) is 10.8. The smallest absolute Gasteiger partial charge is 0.224 e. The highest BCUT2D eigenvalue weighted by molar-refractivity contribution is 6.28. The molecule has 1 aliphatic rings. The third-order valence-corrected chi connectivity index (χ3v) is 3.13. The Balaban J connectivity index is 1.94. The molecular weight excluding hydrogens is 256 g/mol. The first-order valence-corrected chi connectivity index (χ1v) is 6.34. The minimum atomic E-state index is 0.0642. The molecule has 0 radical (unpaired) electrons. The van der Waals surface area contributed by atoms with Crippen molar-refractivity contribution in [1.82, 2.24) is 9.97 Å². The van der Waals surface area contributed by atoms with Gasteiger partial charge in [-0.15, -0.1) is 0 Å². The number of nitrogen functional groups attached to an aromatic ring is 1. The predicted molar refractivity (Wildman–Crippen MR) is 69.7 cm³/mol. The van der Waals surface area contributed by atoms with Crippen LogP contribution >= 0.6 is 11.6 Å². The van der Waals surface area contributed by atoms with Crippen LogP contribution in [0.15, 0.2) is 6.20 Å². The zero-order valence-electron chi connectivity index (χ0n) is 10.0. The number of hydrogen-bond acceptors (Lipinski definition) is 6. The lowest BCUT2D eigenvalue weighted by atomic mass is 10.1. The number of aliphatic hydroxyl groups excluding tert-OH is 1. The van der Waals surface area contributed by atoms with Gasteiger partial charge in [0.05, 0.1) is 31.2 Å². The highest BCUT2D eigenvalue weighted by Crippen LogP contribution is 2.25. The fourth-order valence-corrected chi connectivity index (χ4v) is 2.20. The lowest BCUT2D eigenvalue weighted by molar-refractivity contribution is 0.0158. The quantitative estimate of drug-likeness (QED) is 0.785. The summed E-state index contributed by atoms with van der Waals surface area (Å²) in [4.78, 5) is 10.1. The molecule has 6 nitrogen and oxygen atoms in total. The molecule has 0 unspecified atom stereocenters. The Morgan fingerprint density at radius 3 is 2.89 bits per heavy atom. The van der Waals surface area contributed by atoms with Crippen LogP contribution in [-0.4, -0.2) is 47.5 Å². The fraction of sp³-hybridized carbons (Fsp3) is 0.636. The van der Waals surface area contributed by atoms with Crippen molar-refractivity contribution >= 4 is 23.1 Å². The second-order valence-corrected chi connectivity index (χ2v) is 4.54. The molecule has 3 N–H and O–H groups in total. The van der Waals surface area contributed by atoms with E-state index in [1.54, 1.807) is 0 Å². The number of nitrogens with two attached hydrogens (primary N) is 1. The van der Waals surface area contributed by atoms with E-state index in [9.17, 15) is 0 Å². The van der Waals surface area contributed by atoms with Gasteiger partial charge in [-0.05, 0) is 24.4 Å². The van der Waals surface area contributed by atoms with Gasteiger partial charge in [-0.2, -0.15) is 4.98 Å². The van der Waals surface area contributed by atoms with Gasteiger partial charge in [0.25, 0.3) is 0 Å². The van der Waals surface area contributed by atoms with Gasteiger partial charge < -0.3 is 20.5 Å². The van der Waals surface area contributed by atoms with E-state index in [0.29, 0.717) is 18.1 Å². The molecule has 0 atom stereocenters. The molecule has 2 heterocycles. The van der Waals surface area contributed by atoms with Gasteiger partial charge in [0.1, 0.15) is 0 Å². The highest BCUT2D eigenvalue weighted by Gasteiger charge is 2.22. The molecule has 2 rings (SSSR count). The maximum atomic E-state index is 8.71. The molecule has 0 spiro atoms. The SMILES string of the molecule is Nc1cnc(Cl)nc1N1CCC(OCCO)CC1. The summed E-state index contributed by atoms with van der Waals surface area (Å²) in [6, 6.07) is 0. The molecule has 0 aromatic carbocycles. The summed E-state index contributed by atoms with van der Waals surface area (Å²) in [6.07, 6.45) is 3.51. The van der Waals surface area contributed by atoms with Crippen LogP contribution in [0.2, 0.25) is 5.28 Å². The van der Waals surface area contributed by atoms with Crippen LogP contribution in [0.4, 0.5) is 11.5 Å². The van der Waals surface area contributed by atoms with Crippen molar-refractivity contribution in [2.75, 3.05) is 36.9 Å². The molecule has 1 saturated heterocycles. The number of ether oxygens (including phenoxy) is 1. The first-order chi connectivity index (χ1) is 8.70. The summed E-state index contributed by atoms with van der Waals surface area (Å²) in [5, 5.41) is 8.92. The van der Waals surface area contributed by atoms with E-state index in [-0.39, 0.29) is 18.0 Å². The molecule has 1 fully saturated rings. The van der Waals surface area contributed by atoms with Crippen LogP contribution in [-0.2, 0) is 4.74 Å². The number of anilines is 2. The van der Waals surface area contributed by atoms with E-state index in [1.807, 2.05) is 0 Å². The van der Waals surface area contributed by atoms with Crippen LogP contribution in [0.3, 0.4) is 0 Å². The minimum Gasteiger partial charge on any atom is -0.394 e. The molecule has 0 amide bonds. The van der Waals surface area contributed by atoms with Crippen molar-refractivity contribution in [3.05, 3.63) is 11.5 Å². The highest BCUT2D eigenvalue weighted by atomic mass is 35.5. The van der Waals surface area contributed by atoms with Gasteiger partial charge in [0.15, 0.2) is 5.82 Å². The van der Waals surface area contributed by atoms with Crippen LogP contribution in [0.25, 0.3) is 0 Å². The average molecular weight is 273 g/mol. The summed E-state index contributed by atoms with van der Waals surface area (Å²) < 4.78 is 5.50. The van der Waals surface area contributed by atoms with Crippen molar-refractivity contribution in [3.63, 3.8) is 0 Å². The summed E-state index contributed by atoms with van der Waals surface area (Å²) in [5.41, 5.74) is 6.38. The number of halogens is 1.